The molecule has 2 heterocycles. The molecule has 2 aromatic heterocycles. The number of hydrogen-bond acceptors (Lipinski definition) is 5. The average molecular weight is 235 g/mol. The van der Waals surface area contributed by atoms with Gasteiger partial charge in [0.05, 0.1) is 24.7 Å². The minimum atomic E-state index is -0.479. The lowest BCUT2D eigenvalue weighted by atomic mass is 10.2. The Morgan fingerprint density at radius 3 is 2.65 bits per heavy atom. The van der Waals surface area contributed by atoms with E-state index in [1.54, 1.807) is 35.7 Å². The summed E-state index contributed by atoms with van der Waals surface area (Å²) in [7, 11) is 4.82. The monoisotopic (exact) mass is 235 g/mol. The number of nitrogens with two attached hydrogens (primary N) is 1. The Labute approximate surface area is 97.8 Å². The number of nitrogen functional groups attached to an aromatic ring is 1. The Bertz CT molecular complexity index is 550. The van der Waals surface area contributed by atoms with Crippen LogP contribution in [0.2, 0.25) is 0 Å². The third-order valence-electron chi connectivity index (χ3n) is 2.48. The number of hydrogen-bond donors (Lipinski definition) is 1. The number of esters is 1. The summed E-state index contributed by atoms with van der Waals surface area (Å²) in [6, 6.07) is 1.62. The molecule has 2 N–H and O–H groups in total. The van der Waals surface area contributed by atoms with Gasteiger partial charge in [0.1, 0.15) is 5.69 Å². The van der Waals surface area contributed by atoms with Gasteiger partial charge in [-0.15, -0.1) is 0 Å². The third kappa shape index (κ3) is 1.75. The lowest BCUT2D eigenvalue weighted by Gasteiger charge is -2.02. The summed E-state index contributed by atoms with van der Waals surface area (Å²) in [4.78, 5) is 11.4. The highest BCUT2D eigenvalue weighted by Crippen LogP contribution is 2.25. The quantitative estimate of drug-likeness (QED) is 0.751. The van der Waals surface area contributed by atoms with E-state index in [9.17, 15) is 4.79 Å². The highest BCUT2D eigenvalue weighted by molar-refractivity contribution is 5.89. The van der Waals surface area contributed by atoms with Crippen LogP contribution in [-0.4, -0.2) is 32.6 Å². The second kappa shape index (κ2) is 3.93. The summed E-state index contributed by atoms with van der Waals surface area (Å²) in [5, 5.41) is 8.11. The molecule has 0 aliphatic rings. The maximum absolute atomic E-state index is 11.4. The summed E-state index contributed by atoms with van der Waals surface area (Å²) >= 11 is 0. The van der Waals surface area contributed by atoms with Crippen molar-refractivity contribution in [2.75, 3.05) is 12.8 Å². The highest BCUT2D eigenvalue weighted by atomic mass is 16.5. The van der Waals surface area contributed by atoms with Crippen LogP contribution >= 0.6 is 0 Å². The van der Waals surface area contributed by atoms with E-state index in [2.05, 4.69) is 14.9 Å². The van der Waals surface area contributed by atoms with Crippen LogP contribution in [0.1, 0.15) is 10.5 Å². The van der Waals surface area contributed by atoms with Gasteiger partial charge in [-0.25, -0.2) is 4.79 Å². The van der Waals surface area contributed by atoms with Crippen LogP contribution < -0.4 is 5.73 Å². The van der Waals surface area contributed by atoms with Gasteiger partial charge in [-0.3, -0.25) is 9.36 Å². The van der Waals surface area contributed by atoms with Crippen LogP contribution in [0.4, 0.5) is 5.69 Å². The normalized spacial score (nSPS) is 10.5. The predicted octanol–water partition coefficient (Wildman–Crippen LogP) is 0.189. The molecule has 0 atom stereocenters. The smallest absolute Gasteiger partial charge is 0.358 e. The number of aromatic nitrogens is 4. The van der Waals surface area contributed by atoms with Crippen LogP contribution in [0.3, 0.4) is 0 Å². The zero-order valence-corrected chi connectivity index (χ0v) is 9.84. The molecule has 2 rings (SSSR count). The SMILES string of the molecule is COC(=O)c1cc(-c2c(N)cnn2C)n(C)n1. The first kappa shape index (κ1) is 11.2. The molecule has 0 fully saturated rings. The molecule has 90 valence electrons. The molecule has 0 aliphatic carbocycles. The summed E-state index contributed by atoms with van der Waals surface area (Å²) in [5.41, 5.74) is 8.02. The van der Waals surface area contributed by atoms with Gasteiger partial charge in [-0.05, 0) is 0 Å². The Morgan fingerprint density at radius 1 is 1.41 bits per heavy atom. The van der Waals surface area contributed by atoms with E-state index in [0.717, 1.165) is 5.69 Å². The Morgan fingerprint density at radius 2 is 2.12 bits per heavy atom. The van der Waals surface area contributed by atoms with Crippen molar-refractivity contribution in [1.29, 1.82) is 0 Å². The van der Waals surface area contributed by atoms with E-state index in [-0.39, 0.29) is 5.69 Å². The molecular weight excluding hydrogens is 222 g/mol. The second-order valence-electron chi connectivity index (χ2n) is 3.60. The molecule has 2 aromatic rings. The number of anilines is 1. The van der Waals surface area contributed by atoms with Crippen molar-refractivity contribution >= 4 is 11.7 Å². The number of carbonyl (C=O) groups is 1. The number of rotatable bonds is 2. The van der Waals surface area contributed by atoms with Gasteiger partial charge in [-0.1, -0.05) is 0 Å². The van der Waals surface area contributed by atoms with Gasteiger partial charge >= 0.3 is 5.97 Å². The molecule has 0 radical (unpaired) electrons. The van der Waals surface area contributed by atoms with Crippen LogP contribution in [0, 0.1) is 0 Å². The first-order valence-electron chi connectivity index (χ1n) is 4.94. The maximum Gasteiger partial charge on any atom is 0.358 e. The van der Waals surface area contributed by atoms with E-state index in [0.29, 0.717) is 11.4 Å². The fourth-order valence-electron chi connectivity index (χ4n) is 1.66. The molecule has 0 bridgehead atoms. The van der Waals surface area contributed by atoms with Gasteiger partial charge in [0.25, 0.3) is 0 Å². The first-order chi connectivity index (χ1) is 8.04. The fraction of sp³-hybridized carbons (Fsp3) is 0.300. The maximum atomic E-state index is 11.4. The summed E-state index contributed by atoms with van der Waals surface area (Å²) in [6.07, 6.45) is 1.56. The third-order valence-corrected chi connectivity index (χ3v) is 2.48. The zero-order chi connectivity index (χ0) is 12.6. The molecule has 7 nitrogen and oxygen atoms in total. The minimum Gasteiger partial charge on any atom is -0.464 e. The second-order valence-corrected chi connectivity index (χ2v) is 3.60. The van der Waals surface area contributed by atoms with Gasteiger partial charge in [-0.2, -0.15) is 10.2 Å². The largest absolute Gasteiger partial charge is 0.464 e. The van der Waals surface area contributed by atoms with E-state index in [1.165, 1.54) is 7.11 Å². The van der Waals surface area contributed by atoms with Crippen molar-refractivity contribution in [2.45, 2.75) is 0 Å². The van der Waals surface area contributed by atoms with Crippen LogP contribution in [-0.2, 0) is 18.8 Å². The van der Waals surface area contributed by atoms with Crippen LogP contribution in [0.25, 0.3) is 11.4 Å². The van der Waals surface area contributed by atoms with Crippen molar-refractivity contribution in [3.8, 4) is 11.4 Å². The predicted molar refractivity (Wildman–Crippen MR) is 61.2 cm³/mol. The van der Waals surface area contributed by atoms with Crippen molar-refractivity contribution in [1.82, 2.24) is 19.6 Å². The fourth-order valence-corrected chi connectivity index (χ4v) is 1.66. The van der Waals surface area contributed by atoms with E-state index in [4.69, 9.17) is 5.73 Å². The summed E-state index contributed by atoms with van der Waals surface area (Å²) in [6.45, 7) is 0. The first-order valence-corrected chi connectivity index (χ1v) is 4.94. The van der Waals surface area contributed by atoms with Crippen LogP contribution in [0.15, 0.2) is 12.3 Å². The topological polar surface area (TPSA) is 88.0 Å². The summed E-state index contributed by atoms with van der Waals surface area (Å²) in [5.74, 6) is -0.479. The minimum absolute atomic E-state index is 0.241. The van der Waals surface area contributed by atoms with Crippen LogP contribution in [0.5, 0.6) is 0 Å². The van der Waals surface area contributed by atoms with Gasteiger partial charge in [0, 0.05) is 20.2 Å². The number of carbonyl (C=O) groups excluding carboxylic acids is 1. The van der Waals surface area contributed by atoms with Gasteiger partial charge in [0.15, 0.2) is 5.69 Å². The highest BCUT2D eigenvalue weighted by Gasteiger charge is 2.18. The summed E-state index contributed by atoms with van der Waals surface area (Å²) < 4.78 is 7.82. The molecule has 0 saturated heterocycles. The molecular formula is C10H13N5O2. The van der Waals surface area contributed by atoms with Gasteiger partial charge in [0.2, 0.25) is 0 Å². The Kier molecular flexibility index (Phi) is 2.58. The molecule has 0 saturated carbocycles. The lowest BCUT2D eigenvalue weighted by molar-refractivity contribution is 0.0593. The number of aryl methyl sites for hydroxylation is 2. The van der Waals surface area contributed by atoms with Crippen molar-refractivity contribution in [2.24, 2.45) is 14.1 Å². The Hall–Kier alpha value is -2.31. The Balaban J connectivity index is 2.54. The number of nitrogens with zero attached hydrogens (tertiary/aromatic N) is 4. The molecule has 0 amide bonds. The average Bonchev–Trinajstić information content (AvgIpc) is 2.82. The standard InChI is InChI=1S/C10H13N5O2/c1-14-8(4-7(13-14)10(16)17-3)9-6(11)5-12-15(9)2/h4-5H,11H2,1-3H3. The molecule has 0 aliphatic heterocycles. The van der Waals surface area contributed by atoms with Crippen molar-refractivity contribution in [3.05, 3.63) is 18.0 Å². The van der Waals surface area contributed by atoms with Gasteiger partial charge < -0.3 is 10.5 Å². The van der Waals surface area contributed by atoms with E-state index >= 15 is 0 Å². The number of methoxy groups -OCH3 is 1. The van der Waals surface area contributed by atoms with Crippen molar-refractivity contribution < 1.29 is 9.53 Å². The lowest BCUT2D eigenvalue weighted by Crippen LogP contribution is -2.03. The molecule has 0 unspecified atom stereocenters. The molecule has 7 heteroatoms. The molecule has 0 aromatic carbocycles. The van der Waals surface area contributed by atoms with Crippen molar-refractivity contribution in [3.63, 3.8) is 0 Å². The molecule has 0 spiro atoms. The molecule has 17 heavy (non-hydrogen) atoms. The zero-order valence-electron chi connectivity index (χ0n) is 9.84. The van der Waals surface area contributed by atoms with E-state index < -0.39 is 5.97 Å². The number of ether oxygens (including phenoxy) is 1. The van der Waals surface area contributed by atoms with E-state index in [1.807, 2.05) is 0 Å².